The average molecular weight is 659 g/mol. The summed E-state index contributed by atoms with van der Waals surface area (Å²) < 4.78 is 5.94. The molecule has 4 aromatic rings. The van der Waals surface area contributed by atoms with E-state index in [1.165, 1.54) is 5.56 Å². The maximum atomic E-state index is 12.6. The fourth-order valence-electron chi connectivity index (χ4n) is 7.35. The zero-order valence-electron chi connectivity index (χ0n) is 27.6. The van der Waals surface area contributed by atoms with E-state index in [1.807, 2.05) is 78.9 Å². The number of nitrogens with one attached hydrogen (secondary N) is 1. The number of hydrogen-bond acceptors (Lipinski definition) is 8. The molecule has 3 aromatic carbocycles. The highest BCUT2D eigenvalue weighted by Crippen LogP contribution is 2.31. The lowest BCUT2D eigenvalue weighted by Gasteiger charge is -2.43. The molecule has 7 rings (SSSR count). The SMILES string of the molecule is NC(=O)c1ccc(N2CCC(N3CCN(Cc4ccccc4C4CCC(=O)NC4=O)CC3)CC2)nc1-c1ccc(Oc2ccccc2)cc1. The second-order valence-electron chi connectivity index (χ2n) is 13.1. The predicted octanol–water partition coefficient (Wildman–Crippen LogP) is 4.95. The number of pyridine rings is 1. The smallest absolute Gasteiger partial charge is 0.250 e. The molecule has 10 heteroatoms. The maximum Gasteiger partial charge on any atom is 0.250 e. The van der Waals surface area contributed by atoms with Crippen LogP contribution in [0.2, 0.25) is 0 Å². The molecule has 4 heterocycles. The number of para-hydroxylation sites is 1. The summed E-state index contributed by atoms with van der Waals surface area (Å²) in [5.74, 6) is 1.17. The minimum Gasteiger partial charge on any atom is -0.457 e. The van der Waals surface area contributed by atoms with Gasteiger partial charge < -0.3 is 15.4 Å². The van der Waals surface area contributed by atoms with Crippen LogP contribution < -0.4 is 20.7 Å². The van der Waals surface area contributed by atoms with Crippen LogP contribution >= 0.6 is 0 Å². The standard InChI is InChI=1S/C39H42N6O4/c40-38(47)34-14-16-35(41-37(34)27-10-12-31(13-11-27)49-30-7-2-1-3-8-30)45-20-18-29(19-21-45)44-24-22-43(23-25-44)26-28-6-4-5-9-32(28)33-15-17-36(46)42-39(33)48/h1-14,16,29,33H,15,17-26H2,(H2,40,47)(H,42,46,48). The van der Waals surface area contributed by atoms with E-state index in [4.69, 9.17) is 15.5 Å². The molecule has 3 saturated heterocycles. The Bertz CT molecular complexity index is 1800. The Balaban J connectivity index is 0.947. The van der Waals surface area contributed by atoms with Crippen molar-refractivity contribution in [2.24, 2.45) is 5.73 Å². The number of hydrogen-bond donors (Lipinski definition) is 2. The van der Waals surface area contributed by atoms with Crippen LogP contribution in [0.4, 0.5) is 5.82 Å². The predicted molar refractivity (Wildman–Crippen MR) is 188 cm³/mol. The van der Waals surface area contributed by atoms with E-state index in [0.29, 0.717) is 35.9 Å². The van der Waals surface area contributed by atoms with Gasteiger partial charge in [0.05, 0.1) is 17.2 Å². The van der Waals surface area contributed by atoms with E-state index in [1.54, 1.807) is 6.07 Å². The number of piperazine rings is 1. The topological polar surface area (TPSA) is 121 Å². The van der Waals surface area contributed by atoms with E-state index in [9.17, 15) is 14.4 Å². The number of nitrogens with two attached hydrogens (primary N) is 1. The minimum absolute atomic E-state index is 0.181. The number of amides is 3. The molecule has 3 aliphatic heterocycles. The molecule has 1 aromatic heterocycles. The van der Waals surface area contributed by atoms with Crippen molar-refractivity contribution >= 4 is 23.5 Å². The molecule has 0 spiro atoms. The number of anilines is 1. The van der Waals surface area contributed by atoms with Crippen LogP contribution in [-0.4, -0.2) is 77.8 Å². The fraction of sp³-hybridized carbons (Fsp3) is 0.333. The van der Waals surface area contributed by atoms with Gasteiger partial charge in [0.15, 0.2) is 0 Å². The van der Waals surface area contributed by atoms with Gasteiger partial charge >= 0.3 is 0 Å². The molecule has 1 atom stereocenters. The third kappa shape index (κ3) is 7.50. The molecule has 252 valence electrons. The van der Waals surface area contributed by atoms with E-state index in [-0.39, 0.29) is 17.7 Å². The molecule has 3 N–H and O–H groups in total. The Hall–Kier alpha value is -5.06. The van der Waals surface area contributed by atoms with Crippen molar-refractivity contribution in [3.05, 3.63) is 108 Å². The highest BCUT2D eigenvalue weighted by molar-refractivity contribution is 6.01. The Morgan fingerprint density at radius 2 is 1.49 bits per heavy atom. The molecule has 3 fully saturated rings. The van der Waals surface area contributed by atoms with Crippen LogP contribution in [0.5, 0.6) is 11.5 Å². The lowest BCUT2D eigenvalue weighted by molar-refractivity contribution is -0.134. The van der Waals surface area contributed by atoms with Crippen molar-refractivity contribution < 1.29 is 19.1 Å². The molecule has 0 aliphatic carbocycles. The number of aromatic nitrogens is 1. The van der Waals surface area contributed by atoms with Crippen molar-refractivity contribution in [2.45, 2.75) is 44.2 Å². The Morgan fingerprint density at radius 3 is 2.20 bits per heavy atom. The summed E-state index contributed by atoms with van der Waals surface area (Å²) in [4.78, 5) is 49.0. The molecule has 1 unspecified atom stereocenters. The van der Waals surface area contributed by atoms with Crippen molar-refractivity contribution in [2.75, 3.05) is 44.2 Å². The summed E-state index contributed by atoms with van der Waals surface area (Å²) >= 11 is 0. The Labute approximate surface area is 286 Å². The number of rotatable bonds is 9. The maximum absolute atomic E-state index is 12.6. The lowest BCUT2D eigenvalue weighted by atomic mass is 9.87. The molecule has 0 radical (unpaired) electrons. The fourth-order valence-corrected chi connectivity index (χ4v) is 7.35. The second-order valence-corrected chi connectivity index (χ2v) is 13.1. The van der Waals surface area contributed by atoms with Crippen LogP contribution in [-0.2, 0) is 16.1 Å². The van der Waals surface area contributed by atoms with Crippen molar-refractivity contribution in [3.63, 3.8) is 0 Å². The van der Waals surface area contributed by atoms with Crippen molar-refractivity contribution in [3.8, 4) is 22.8 Å². The van der Waals surface area contributed by atoms with Gasteiger partial charge in [0.2, 0.25) is 11.8 Å². The molecule has 0 saturated carbocycles. The van der Waals surface area contributed by atoms with E-state index < -0.39 is 5.91 Å². The van der Waals surface area contributed by atoms with Gasteiger partial charge in [-0.15, -0.1) is 0 Å². The highest BCUT2D eigenvalue weighted by atomic mass is 16.5. The van der Waals surface area contributed by atoms with Crippen molar-refractivity contribution in [1.82, 2.24) is 20.1 Å². The third-order valence-electron chi connectivity index (χ3n) is 10.0. The van der Waals surface area contributed by atoms with Gasteiger partial charge in [-0.25, -0.2) is 4.98 Å². The molecule has 10 nitrogen and oxygen atoms in total. The molecular weight excluding hydrogens is 616 g/mol. The third-order valence-corrected chi connectivity index (χ3v) is 10.0. The van der Waals surface area contributed by atoms with Crippen LogP contribution in [0.15, 0.2) is 91.0 Å². The molecule has 3 amide bonds. The van der Waals surface area contributed by atoms with E-state index in [0.717, 1.165) is 81.3 Å². The summed E-state index contributed by atoms with van der Waals surface area (Å²) in [5.41, 5.74) is 9.76. The quantitative estimate of drug-likeness (QED) is 0.243. The normalized spacial score (nSPS) is 19.4. The molecule has 49 heavy (non-hydrogen) atoms. The molecule has 3 aliphatic rings. The van der Waals surface area contributed by atoms with Gasteiger partial charge in [-0.1, -0.05) is 42.5 Å². The number of nitrogens with zero attached hydrogens (tertiary/aromatic N) is 4. The average Bonchev–Trinajstić information content (AvgIpc) is 3.13. The van der Waals surface area contributed by atoms with Gasteiger partial charge in [-0.3, -0.25) is 29.5 Å². The number of benzene rings is 3. The van der Waals surface area contributed by atoms with Crippen molar-refractivity contribution in [1.29, 1.82) is 0 Å². The number of piperidine rings is 2. The first-order chi connectivity index (χ1) is 23.9. The van der Waals surface area contributed by atoms with Crippen LogP contribution in [0.3, 0.4) is 0 Å². The number of imide groups is 1. The number of carbonyl (C=O) groups is 3. The Morgan fingerprint density at radius 1 is 0.796 bits per heavy atom. The largest absolute Gasteiger partial charge is 0.457 e. The summed E-state index contributed by atoms with van der Waals surface area (Å²) in [6.45, 7) is 6.53. The van der Waals surface area contributed by atoms with Crippen LogP contribution in [0.25, 0.3) is 11.3 Å². The van der Waals surface area contributed by atoms with E-state index >= 15 is 0 Å². The van der Waals surface area contributed by atoms with Crippen LogP contribution in [0, 0.1) is 0 Å². The minimum atomic E-state index is -0.504. The van der Waals surface area contributed by atoms with Gasteiger partial charge in [0, 0.05) is 63.8 Å². The number of ether oxygens (including phenoxy) is 1. The Kier molecular flexibility index (Phi) is 9.68. The first-order valence-electron chi connectivity index (χ1n) is 17.2. The van der Waals surface area contributed by atoms with E-state index in [2.05, 4.69) is 26.1 Å². The van der Waals surface area contributed by atoms with Gasteiger partial charge in [0.1, 0.15) is 17.3 Å². The first-order valence-corrected chi connectivity index (χ1v) is 17.2. The number of carbonyl (C=O) groups excluding carboxylic acids is 3. The van der Waals surface area contributed by atoms with Gasteiger partial charge in [0.25, 0.3) is 5.91 Å². The van der Waals surface area contributed by atoms with Crippen LogP contribution in [0.1, 0.15) is 53.1 Å². The molecular formula is C39H42N6O4. The summed E-state index contributed by atoms with van der Waals surface area (Å²) in [5, 5.41) is 2.51. The lowest BCUT2D eigenvalue weighted by Crippen LogP contribution is -2.53. The number of primary amides is 1. The summed E-state index contributed by atoms with van der Waals surface area (Å²) in [6, 6.07) is 29.6. The van der Waals surface area contributed by atoms with Gasteiger partial charge in [-0.05, 0) is 78.9 Å². The summed E-state index contributed by atoms with van der Waals surface area (Å²) in [6.07, 6.45) is 3.03. The van der Waals surface area contributed by atoms with Gasteiger partial charge in [-0.2, -0.15) is 0 Å². The second kappa shape index (κ2) is 14.6. The molecule has 0 bridgehead atoms. The summed E-state index contributed by atoms with van der Waals surface area (Å²) in [7, 11) is 0. The first kappa shape index (κ1) is 32.5. The zero-order chi connectivity index (χ0) is 33.7. The monoisotopic (exact) mass is 658 g/mol. The highest BCUT2D eigenvalue weighted by Gasteiger charge is 2.31. The zero-order valence-corrected chi connectivity index (χ0v) is 27.6.